The zero-order valence-electron chi connectivity index (χ0n) is 11.8. The molecule has 0 fully saturated rings. The van der Waals surface area contributed by atoms with Gasteiger partial charge in [0.05, 0.1) is 6.61 Å². The first-order valence-electron chi connectivity index (χ1n) is 6.22. The SMILES string of the molecule is CC.CCc1ccc(C)cc1.COCCC=O. The Balaban J connectivity index is 0. The molecule has 98 valence electrons. The van der Waals surface area contributed by atoms with Crippen LogP contribution in [0.15, 0.2) is 24.3 Å². The van der Waals surface area contributed by atoms with Crippen LogP contribution in [0.4, 0.5) is 0 Å². The number of aldehydes is 1. The molecule has 0 aliphatic rings. The van der Waals surface area contributed by atoms with Crippen LogP contribution in [0.1, 0.15) is 38.3 Å². The average Bonchev–Trinajstić information content (AvgIpc) is 2.40. The Labute approximate surface area is 106 Å². The summed E-state index contributed by atoms with van der Waals surface area (Å²) in [5.74, 6) is 0. The van der Waals surface area contributed by atoms with Gasteiger partial charge in [-0.3, -0.25) is 0 Å². The molecule has 0 unspecified atom stereocenters. The lowest BCUT2D eigenvalue weighted by Crippen LogP contribution is -1.86. The van der Waals surface area contributed by atoms with Crippen LogP contribution < -0.4 is 0 Å². The number of carbonyl (C=O) groups is 1. The predicted molar refractivity (Wildman–Crippen MR) is 74.5 cm³/mol. The summed E-state index contributed by atoms with van der Waals surface area (Å²) in [5.41, 5.74) is 2.76. The molecule has 2 nitrogen and oxygen atoms in total. The van der Waals surface area contributed by atoms with Crippen molar-refractivity contribution in [2.45, 2.75) is 40.5 Å². The highest BCUT2D eigenvalue weighted by Crippen LogP contribution is 2.02. The van der Waals surface area contributed by atoms with Crippen LogP contribution in [-0.4, -0.2) is 20.0 Å². The molecule has 0 N–H and O–H groups in total. The molecule has 2 heteroatoms. The van der Waals surface area contributed by atoms with Crippen molar-refractivity contribution in [1.82, 2.24) is 0 Å². The van der Waals surface area contributed by atoms with Crippen molar-refractivity contribution in [1.29, 1.82) is 0 Å². The normalized spacial score (nSPS) is 8.29. The van der Waals surface area contributed by atoms with Crippen LogP contribution in [0.2, 0.25) is 0 Å². The molecule has 0 saturated carbocycles. The van der Waals surface area contributed by atoms with E-state index in [1.54, 1.807) is 7.11 Å². The lowest BCUT2D eigenvalue weighted by molar-refractivity contribution is -0.108. The molecular weight excluding hydrogens is 212 g/mol. The minimum atomic E-state index is 0.510. The third-order valence-electron chi connectivity index (χ3n) is 1.97. The molecule has 0 aliphatic carbocycles. The molecule has 17 heavy (non-hydrogen) atoms. The van der Waals surface area contributed by atoms with Gasteiger partial charge in [-0.05, 0) is 18.9 Å². The highest BCUT2D eigenvalue weighted by Gasteiger charge is 1.84. The molecule has 1 aromatic carbocycles. The molecule has 0 saturated heterocycles. The zero-order valence-corrected chi connectivity index (χ0v) is 11.8. The molecule has 0 bridgehead atoms. The fourth-order valence-electron chi connectivity index (χ4n) is 0.990. The summed E-state index contributed by atoms with van der Waals surface area (Å²) in [5, 5.41) is 0. The Hall–Kier alpha value is -1.15. The number of ether oxygens (including phenoxy) is 1. The maximum absolute atomic E-state index is 9.48. The number of hydrogen-bond acceptors (Lipinski definition) is 2. The Kier molecular flexibility index (Phi) is 15.9. The molecule has 1 aromatic rings. The minimum absolute atomic E-state index is 0.510. The van der Waals surface area contributed by atoms with Crippen LogP contribution >= 0.6 is 0 Å². The molecule has 0 atom stereocenters. The second-order valence-electron chi connectivity index (χ2n) is 3.29. The summed E-state index contributed by atoms with van der Waals surface area (Å²) in [6, 6.07) is 8.66. The standard InChI is InChI=1S/C9H12.C4H8O2.C2H6/c1-3-9-6-4-8(2)5-7-9;1-6-4-2-3-5;1-2/h4-7H,3H2,1-2H3;3H,2,4H2,1H3;1-2H3. The number of hydrogen-bond donors (Lipinski definition) is 0. The van der Waals surface area contributed by atoms with Crippen molar-refractivity contribution >= 4 is 6.29 Å². The van der Waals surface area contributed by atoms with Crippen molar-refractivity contribution < 1.29 is 9.53 Å². The topological polar surface area (TPSA) is 26.3 Å². The van der Waals surface area contributed by atoms with Gasteiger partial charge in [-0.2, -0.15) is 0 Å². The summed E-state index contributed by atoms with van der Waals surface area (Å²) in [6.45, 7) is 8.83. The predicted octanol–water partition coefficient (Wildman–Crippen LogP) is 3.81. The monoisotopic (exact) mass is 238 g/mol. The second kappa shape index (κ2) is 14.8. The molecule has 0 spiro atoms. The number of methoxy groups -OCH3 is 1. The maximum Gasteiger partial charge on any atom is 0.122 e. The molecule has 1 rings (SSSR count). The summed E-state index contributed by atoms with van der Waals surface area (Å²) in [4.78, 5) is 9.48. The first kappa shape index (κ1) is 18.2. The van der Waals surface area contributed by atoms with Crippen molar-refractivity contribution in [3.63, 3.8) is 0 Å². The fourth-order valence-corrected chi connectivity index (χ4v) is 0.990. The quantitative estimate of drug-likeness (QED) is 0.589. The lowest BCUT2D eigenvalue weighted by Gasteiger charge is -1.94. The van der Waals surface area contributed by atoms with Gasteiger partial charge in [0.2, 0.25) is 0 Å². The van der Waals surface area contributed by atoms with Gasteiger partial charge in [0.1, 0.15) is 6.29 Å². The Morgan fingerprint density at radius 3 is 2.00 bits per heavy atom. The van der Waals surface area contributed by atoms with Crippen LogP contribution in [-0.2, 0) is 16.0 Å². The van der Waals surface area contributed by atoms with Gasteiger partial charge < -0.3 is 9.53 Å². The van der Waals surface area contributed by atoms with E-state index in [1.165, 1.54) is 11.1 Å². The summed E-state index contributed by atoms with van der Waals surface area (Å²) in [7, 11) is 1.57. The van der Waals surface area contributed by atoms with Crippen LogP contribution in [0, 0.1) is 6.92 Å². The van der Waals surface area contributed by atoms with Crippen molar-refractivity contribution in [2.75, 3.05) is 13.7 Å². The molecule has 0 radical (unpaired) electrons. The van der Waals surface area contributed by atoms with E-state index in [2.05, 4.69) is 42.8 Å². The molecule has 0 aliphatic heterocycles. The van der Waals surface area contributed by atoms with Gasteiger partial charge in [-0.1, -0.05) is 50.6 Å². The van der Waals surface area contributed by atoms with Crippen LogP contribution in [0.3, 0.4) is 0 Å². The highest BCUT2D eigenvalue weighted by atomic mass is 16.5. The van der Waals surface area contributed by atoms with Gasteiger partial charge in [0.15, 0.2) is 0 Å². The Morgan fingerprint density at radius 2 is 1.71 bits per heavy atom. The second-order valence-corrected chi connectivity index (χ2v) is 3.29. The van der Waals surface area contributed by atoms with E-state index in [4.69, 9.17) is 0 Å². The van der Waals surface area contributed by atoms with E-state index >= 15 is 0 Å². The number of benzene rings is 1. The largest absolute Gasteiger partial charge is 0.384 e. The zero-order chi connectivity index (χ0) is 13.5. The minimum Gasteiger partial charge on any atom is -0.384 e. The van der Waals surface area contributed by atoms with E-state index in [0.717, 1.165) is 12.7 Å². The molecule has 0 aromatic heterocycles. The van der Waals surface area contributed by atoms with Crippen molar-refractivity contribution in [2.24, 2.45) is 0 Å². The number of carbonyl (C=O) groups excluding carboxylic acids is 1. The van der Waals surface area contributed by atoms with Gasteiger partial charge in [0, 0.05) is 13.5 Å². The van der Waals surface area contributed by atoms with E-state index in [-0.39, 0.29) is 0 Å². The summed E-state index contributed by atoms with van der Waals surface area (Å²) in [6.07, 6.45) is 2.49. The van der Waals surface area contributed by atoms with Crippen LogP contribution in [0.5, 0.6) is 0 Å². The van der Waals surface area contributed by atoms with Gasteiger partial charge >= 0.3 is 0 Å². The van der Waals surface area contributed by atoms with Crippen molar-refractivity contribution in [3.8, 4) is 0 Å². The third-order valence-corrected chi connectivity index (χ3v) is 1.97. The molecular formula is C15H26O2. The smallest absolute Gasteiger partial charge is 0.122 e. The fraction of sp³-hybridized carbons (Fsp3) is 0.533. The Bertz CT molecular complexity index is 252. The average molecular weight is 238 g/mol. The van der Waals surface area contributed by atoms with Gasteiger partial charge in [-0.15, -0.1) is 0 Å². The van der Waals surface area contributed by atoms with E-state index in [9.17, 15) is 4.79 Å². The highest BCUT2D eigenvalue weighted by molar-refractivity contribution is 5.49. The molecule has 0 amide bonds. The number of rotatable bonds is 4. The summed E-state index contributed by atoms with van der Waals surface area (Å²) < 4.78 is 4.55. The lowest BCUT2D eigenvalue weighted by atomic mass is 10.1. The maximum atomic E-state index is 9.48. The van der Waals surface area contributed by atoms with E-state index in [0.29, 0.717) is 13.0 Å². The summed E-state index contributed by atoms with van der Waals surface area (Å²) >= 11 is 0. The molecule has 0 heterocycles. The van der Waals surface area contributed by atoms with Crippen molar-refractivity contribution in [3.05, 3.63) is 35.4 Å². The van der Waals surface area contributed by atoms with Crippen LogP contribution in [0.25, 0.3) is 0 Å². The first-order chi connectivity index (χ1) is 8.24. The Morgan fingerprint density at radius 1 is 1.18 bits per heavy atom. The van der Waals surface area contributed by atoms with E-state index in [1.807, 2.05) is 13.8 Å². The van der Waals surface area contributed by atoms with Gasteiger partial charge in [0.25, 0.3) is 0 Å². The van der Waals surface area contributed by atoms with E-state index < -0.39 is 0 Å². The van der Waals surface area contributed by atoms with Gasteiger partial charge in [-0.25, -0.2) is 0 Å². The first-order valence-corrected chi connectivity index (χ1v) is 6.22. The number of aryl methyl sites for hydroxylation is 2. The third kappa shape index (κ3) is 12.8.